The summed E-state index contributed by atoms with van der Waals surface area (Å²) in [5.74, 6) is 0.867. The third kappa shape index (κ3) is 4.58. The minimum Gasteiger partial charge on any atom is -0.489 e. The van der Waals surface area contributed by atoms with E-state index in [4.69, 9.17) is 10.5 Å². The van der Waals surface area contributed by atoms with E-state index in [0.29, 0.717) is 6.61 Å². The normalized spacial score (nSPS) is 11.5. The molecule has 0 spiro atoms. The largest absolute Gasteiger partial charge is 0.489 e. The van der Waals surface area contributed by atoms with E-state index in [2.05, 4.69) is 25.1 Å². The second kappa shape index (κ2) is 7.17. The molecule has 2 N–H and O–H groups in total. The number of nitrogens with two attached hydrogens (primary N) is 1. The molecule has 1 atom stereocenters. The maximum atomic E-state index is 5.85. The van der Waals surface area contributed by atoms with E-state index in [1.807, 2.05) is 37.3 Å². The molecule has 102 valence electrons. The van der Waals surface area contributed by atoms with E-state index in [1.165, 1.54) is 11.1 Å². The van der Waals surface area contributed by atoms with Crippen LogP contribution in [0.5, 0.6) is 5.75 Å². The topological polar surface area (TPSA) is 35.2 Å². The zero-order valence-electron chi connectivity index (χ0n) is 11.3. The third-order valence-electron chi connectivity index (χ3n) is 2.87. The van der Waals surface area contributed by atoms with Crippen LogP contribution in [0.2, 0.25) is 0 Å². The Labute approximate surface area is 121 Å². The Hall–Kier alpha value is -1.51. The summed E-state index contributed by atoms with van der Waals surface area (Å²) in [6, 6.07) is 16.3. The fourth-order valence-corrected chi connectivity index (χ4v) is 1.86. The lowest BCUT2D eigenvalue weighted by Crippen LogP contribution is -2.05. The van der Waals surface area contributed by atoms with Crippen molar-refractivity contribution in [1.29, 1.82) is 0 Å². The molecular weight excluding hydrogens is 258 g/mol. The van der Waals surface area contributed by atoms with Crippen LogP contribution in [0.3, 0.4) is 0 Å². The number of aryl methyl sites for hydroxylation is 1. The summed E-state index contributed by atoms with van der Waals surface area (Å²) >= 11 is 0. The van der Waals surface area contributed by atoms with Gasteiger partial charge in [-0.25, -0.2) is 0 Å². The Kier molecular flexibility index (Phi) is 5.87. The number of halogens is 1. The number of ether oxygens (including phenoxy) is 1. The van der Waals surface area contributed by atoms with Crippen molar-refractivity contribution < 1.29 is 4.74 Å². The van der Waals surface area contributed by atoms with Crippen LogP contribution in [0.15, 0.2) is 48.5 Å². The van der Waals surface area contributed by atoms with Gasteiger partial charge in [0.25, 0.3) is 0 Å². The lowest BCUT2D eigenvalue weighted by atomic mass is 10.1. The van der Waals surface area contributed by atoms with E-state index in [9.17, 15) is 0 Å². The molecule has 0 aliphatic heterocycles. The highest BCUT2D eigenvalue weighted by molar-refractivity contribution is 5.85. The maximum Gasteiger partial charge on any atom is 0.120 e. The number of rotatable bonds is 4. The van der Waals surface area contributed by atoms with E-state index in [0.717, 1.165) is 11.3 Å². The first-order valence-corrected chi connectivity index (χ1v) is 6.19. The van der Waals surface area contributed by atoms with Crippen LogP contribution in [0, 0.1) is 6.92 Å². The predicted molar refractivity (Wildman–Crippen MR) is 81.8 cm³/mol. The van der Waals surface area contributed by atoms with Crippen molar-refractivity contribution in [1.82, 2.24) is 0 Å². The van der Waals surface area contributed by atoms with Crippen LogP contribution < -0.4 is 10.5 Å². The van der Waals surface area contributed by atoms with Crippen molar-refractivity contribution in [2.75, 3.05) is 0 Å². The maximum absolute atomic E-state index is 5.85. The fraction of sp³-hybridized carbons (Fsp3) is 0.250. The van der Waals surface area contributed by atoms with Gasteiger partial charge in [-0.05, 0) is 37.1 Å². The quantitative estimate of drug-likeness (QED) is 0.916. The zero-order chi connectivity index (χ0) is 13.0. The average molecular weight is 278 g/mol. The van der Waals surface area contributed by atoms with Crippen molar-refractivity contribution >= 4 is 12.4 Å². The van der Waals surface area contributed by atoms with Gasteiger partial charge in [0.05, 0.1) is 0 Å². The van der Waals surface area contributed by atoms with E-state index >= 15 is 0 Å². The molecular formula is C16H20ClNO. The summed E-state index contributed by atoms with van der Waals surface area (Å²) < 4.78 is 5.78. The van der Waals surface area contributed by atoms with Crippen LogP contribution >= 0.6 is 12.4 Å². The Morgan fingerprint density at radius 2 is 1.84 bits per heavy atom. The Balaban J connectivity index is 0.00000180. The molecule has 2 rings (SSSR count). The molecule has 0 aliphatic carbocycles. The van der Waals surface area contributed by atoms with Gasteiger partial charge in [-0.3, -0.25) is 0 Å². The first-order chi connectivity index (χ1) is 8.65. The van der Waals surface area contributed by atoms with E-state index < -0.39 is 0 Å². The van der Waals surface area contributed by atoms with Gasteiger partial charge in [0, 0.05) is 6.04 Å². The van der Waals surface area contributed by atoms with Crippen molar-refractivity contribution in [3.8, 4) is 5.75 Å². The summed E-state index contributed by atoms with van der Waals surface area (Å²) in [4.78, 5) is 0. The minimum atomic E-state index is 0. The van der Waals surface area contributed by atoms with Crippen LogP contribution in [-0.2, 0) is 6.61 Å². The Bertz CT molecular complexity index is 526. The molecule has 0 heterocycles. The monoisotopic (exact) mass is 277 g/mol. The molecule has 0 bridgehead atoms. The first kappa shape index (κ1) is 15.5. The molecule has 0 saturated carbocycles. The third-order valence-corrected chi connectivity index (χ3v) is 2.87. The molecule has 0 aliphatic rings. The van der Waals surface area contributed by atoms with Crippen molar-refractivity contribution in [3.63, 3.8) is 0 Å². The standard InChI is InChI=1S/C16H19NO.ClH/c1-12-5-3-6-14(9-12)11-18-16-8-4-7-15(10-16)13(2)17;/h3-10,13H,11,17H2,1-2H3;1H. The molecule has 1 unspecified atom stereocenters. The molecule has 0 saturated heterocycles. The van der Waals surface area contributed by atoms with Gasteiger partial charge in [-0.15, -0.1) is 12.4 Å². The average Bonchev–Trinajstić information content (AvgIpc) is 2.37. The molecule has 2 nitrogen and oxygen atoms in total. The molecule has 0 amide bonds. The zero-order valence-corrected chi connectivity index (χ0v) is 12.1. The summed E-state index contributed by atoms with van der Waals surface area (Å²) in [5, 5.41) is 0. The molecule has 0 radical (unpaired) electrons. The van der Waals surface area contributed by atoms with Gasteiger partial charge in [0.1, 0.15) is 12.4 Å². The van der Waals surface area contributed by atoms with Crippen LogP contribution in [-0.4, -0.2) is 0 Å². The number of benzene rings is 2. The van der Waals surface area contributed by atoms with Gasteiger partial charge in [0.15, 0.2) is 0 Å². The molecule has 2 aromatic carbocycles. The van der Waals surface area contributed by atoms with Crippen molar-refractivity contribution in [2.24, 2.45) is 5.73 Å². The lowest BCUT2D eigenvalue weighted by molar-refractivity contribution is 0.305. The predicted octanol–water partition coefficient (Wildman–Crippen LogP) is 4.02. The van der Waals surface area contributed by atoms with E-state index in [1.54, 1.807) is 0 Å². The van der Waals surface area contributed by atoms with Crippen molar-refractivity contribution in [2.45, 2.75) is 26.5 Å². The highest BCUT2D eigenvalue weighted by Crippen LogP contribution is 2.18. The fourth-order valence-electron chi connectivity index (χ4n) is 1.86. The van der Waals surface area contributed by atoms with Crippen LogP contribution in [0.4, 0.5) is 0 Å². The molecule has 19 heavy (non-hydrogen) atoms. The van der Waals surface area contributed by atoms with Gasteiger partial charge in [-0.2, -0.15) is 0 Å². The molecule has 0 fully saturated rings. The van der Waals surface area contributed by atoms with E-state index in [-0.39, 0.29) is 18.4 Å². The van der Waals surface area contributed by atoms with Gasteiger partial charge in [0.2, 0.25) is 0 Å². The number of hydrogen-bond acceptors (Lipinski definition) is 2. The summed E-state index contributed by atoms with van der Waals surface area (Å²) in [6.45, 7) is 4.64. The van der Waals surface area contributed by atoms with Crippen molar-refractivity contribution in [3.05, 3.63) is 65.2 Å². The van der Waals surface area contributed by atoms with Gasteiger partial charge >= 0.3 is 0 Å². The lowest BCUT2D eigenvalue weighted by Gasteiger charge is -2.10. The summed E-state index contributed by atoms with van der Waals surface area (Å²) in [6.07, 6.45) is 0. The van der Waals surface area contributed by atoms with Crippen LogP contribution in [0.1, 0.15) is 29.7 Å². The highest BCUT2D eigenvalue weighted by atomic mass is 35.5. The van der Waals surface area contributed by atoms with Crippen LogP contribution in [0.25, 0.3) is 0 Å². The second-order valence-electron chi connectivity index (χ2n) is 4.64. The summed E-state index contributed by atoms with van der Waals surface area (Å²) in [5.41, 5.74) is 9.38. The highest BCUT2D eigenvalue weighted by Gasteiger charge is 2.01. The summed E-state index contributed by atoms with van der Waals surface area (Å²) in [7, 11) is 0. The Morgan fingerprint density at radius 3 is 2.53 bits per heavy atom. The molecule has 0 aromatic heterocycles. The minimum absolute atomic E-state index is 0. The van der Waals surface area contributed by atoms with Gasteiger partial charge in [-0.1, -0.05) is 42.0 Å². The smallest absolute Gasteiger partial charge is 0.120 e. The second-order valence-corrected chi connectivity index (χ2v) is 4.64. The molecule has 3 heteroatoms. The first-order valence-electron chi connectivity index (χ1n) is 6.19. The molecule has 2 aromatic rings. The SMILES string of the molecule is Cc1cccc(COc2cccc(C(C)N)c2)c1.Cl. The number of hydrogen-bond donors (Lipinski definition) is 1. The van der Waals surface area contributed by atoms with Gasteiger partial charge < -0.3 is 10.5 Å². The Morgan fingerprint density at radius 1 is 1.11 bits per heavy atom.